The second-order valence-electron chi connectivity index (χ2n) is 4.36. The molecule has 1 unspecified atom stereocenters. The van der Waals surface area contributed by atoms with Crippen LogP contribution in [0.25, 0.3) is 0 Å². The summed E-state index contributed by atoms with van der Waals surface area (Å²) in [5.41, 5.74) is 6.09. The van der Waals surface area contributed by atoms with E-state index in [-0.39, 0.29) is 6.04 Å². The van der Waals surface area contributed by atoms with Gasteiger partial charge in [0.05, 0.1) is 6.04 Å². The fraction of sp³-hybridized carbons (Fsp3) is 0.333. The van der Waals surface area contributed by atoms with Crippen LogP contribution < -0.4 is 5.43 Å². The maximum Gasteiger partial charge on any atom is 0.210 e. The molecule has 1 aromatic carbocycles. The molecule has 0 saturated carbocycles. The van der Waals surface area contributed by atoms with Crippen molar-refractivity contribution in [1.82, 2.24) is 14.9 Å². The molecule has 0 amide bonds. The first-order chi connectivity index (χ1) is 8.65. The summed E-state index contributed by atoms with van der Waals surface area (Å²) in [4.78, 5) is 0. The van der Waals surface area contributed by atoms with Crippen LogP contribution in [0.4, 0.5) is 0 Å². The summed E-state index contributed by atoms with van der Waals surface area (Å²) in [5, 5.41) is 9.16. The molecule has 94 valence electrons. The summed E-state index contributed by atoms with van der Waals surface area (Å²) in [6.45, 7) is 4.10. The van der Waals surface area contributed by atoms with Crippen LogP contribution in [0.3, 0.4) is 0 Å². The molecular formula is C12H13BrN4S. The number of benzene rings is 1. The molecule has 0 bridgehead atoms. The van der Waals surface area contributed by atoms with Crippen LogP contribution in [-0.4, -0.2) is 20.6 Å². The molecule has 6 heteroatoms. The van der Waals surface area contributed by atoms with E-state index < -0.39 is 0 Å². The number of halogens is 1. The molecule has 3 rings (SSSR count). The van der Waals surface area contributed by atoms with E-state index in [1.165, 1.54) is 11.1 Å². The molecule has 1 aliphatic rings. The van der Waals surface area contributed by atoms with Crippen molar-refractivity contribution in [2.75, 3.05) is 11.2 Å². The standard InChI is InChI=1S/C12H13BrN4S/c1-7-3-4-9(13)5-10(7)11-6-18-12-15-14-8(2)17(12)16-11/h3-5,11,16H,6H2,1-2H3. The minimum atomic E-state index is 0.287. The minimum absolute atomic E-state index is 0.287. The number of nitrogens with zero attached hydrogens (tertiary/aromatic N) is 3. The van der Waals surface area contributed by atoms with Crippen LogP contribution in [0.5, 0.6) is 0 Å². The maximum atomic E-state index is 4.13. The highest BCUT2D eigenvalue weighted by Crippen LogP contribution is 2.32. The van der Waals surface area contributed by atoms with Gasteiger partial charge < -0.3 is 5.43 Å². The van der Waals surface area contributed by atoms with Crippen molar-refractivity contribution < 1.29 is 0 Å². The summed E-state index contributed by atoms with van der Waals surface area (Å²) in [7, 11) is 0. The third-order valence-corrected chi connectivity index (χ3v) is 4.59. The number of nitrogens with one attached hydrogen (secondary N) is 1. The van der Waals surface area contributed by atoms with Gasteiger partial charge >= 0.3 is 0 Å². The lowest BCUT2D eigenvalue weighted by Crippen LogP contribution is -2.29. The van der Waals surface area contributed by atoms with E-state index in [1.54, 1.807) is 11.8 Å². The number of aryl methyl sites for hydroxylation is 2. The van der Waals surface area contributed by atoms with Crippen LogP contribution >= 0.6 is 27.7 Å². The lowest BCUT2D eigenvalue weighted by Gasteiger charge is -2.27. The first kappa shape index (κ1) is 12.0. The predicted octanol–water partition coefficient (Wildman–Crippen LogP) is 3.05. The van der Waals surface area contributed by atoms with E-state index in [9.17, 15) is 0 Å². The van der Waals surface area contributed by atoms with E-state index >= 15 is 0 Å². The largest absolute Gasteiger partial charge is 0.314 e. The minimum Gasteiger partial charge on any atom is -0.314 e. The molecule has 0 fully saturated rings. The van der Waals surface area contributed by atoms with Gasteiger partial charge in [-0.2, -0.15) is 0 Å². The number of hydrogen-bond donors (Lipinski definition) is 1. The molecule has 1 atom stereocenters. The summed E-state index contributed by atoms with van der Waals surface area (Å²) in [6, 6.07) is 6.68. The molecule has 0 spiro atoms. The van der Waals surface area contributed by atoms with Gasteiger partial charge in [0.15, 0.2) is 0 Å². The van der Waals surface area contributed by atoms with Gasteiger partial charge in [-0.1, -0.05) is 33.8 Å². The maximum absolute atomic E-state index is 4.13. The molecule has 2 heterocycles. The topological polar surface area (TPSA) is 42.7 Å². The fourth-order valence-corrected chi connectivity index (χ4v) is 3.44. The first-order valence-electron chi connectivity index (χ1n) is 5.72. The summed E-state index contributed by atoms with van der Waals surface area (Å²) in [6.07, 6.45) is 0. The molecule has 4 nitrogen and oxygen atoms in total. The molecule has 18 heavy (non-hydrogen) atoms. The van der Waals surface area contributed by atoms with Crippen molar-refractivity contribution in [3.8, 4) is 0 Å². The second kappa shape index (κ2) is 4.59. The van der Waals surface area contributed by atoms with Gasteiger partial charge in [-0.25, -0.2) is 4.68 Å². The summed E-state index contributed by atoms with van der Waals surface area (Å²) < 4.78 is 3.08. The van der Waals surface area contributed by atoms with Gasteiger partial charge in [0.25, 0.3) is 0 Å². The number of fused-ring (bicyclic) bond motifs is 1. The summed E-state index contributed by atoms with van der Waals surface area (Å²) >= 11 is 5.27. The smallest absolute Gasteiger partial charge is 0.210 e. The fourth-order valence-electron chi connectivity index (χ4n) is 2.08. The van der Waals surface area contributed by atoms with Crippen molar-refractivity contribution in [3.05, 3.63) is 39.6 Å². The van der Waals surface area contributed by atoms with Gasteiger partial charge in [0.1, 0.15) is 5.82 Å². The highest BCUT2D eigenvalue weighted by atomic mass is 79.9. The Morgan fingerprint density at radius 3 is 3.06 bits per heavy atom. The van der Waals surface area contributed by atoms with Crippen LogP contribution in [-0.2, 0) is 0 Å². The van der Waals surface area contributed by atoms with Gasteiger partial charge in [0.2, 0.25) is 5.16 Å². The quantitative estimate of drug-likeness (QED) is 0.875. The van der Waals surface area contributed by atoms with Crippen molar-refractivity contribution in [3.63, 3.8) is 0 Å². The van der Waals surface area contributed by atoms with Crippen molar-refractivity contribution in [1.29, 1.82) is 0 Å². The second-order valence-corrected chi connectivity index (χ2v) is 6.26. The van der Waals surface area contributed by atoms with Gasteiger partial charge in [0, 0.05) is 10.2 Å². The normalized spacial score (nSPS) is 18.3. The molecule has 2 aromatic rings. The Morgan fingerprint density at radius 1 is 1.39 bits per heavy atom. The number of rotatable bonds is 1. The Hall–Kier alpha value is -1.01. The van der Waals surface area contributed by atoms with Gasteiger partial charge in [-0.05, 0) is 37.1 Å². The zero-order chi connectivity index (χ0) is 12.7. The molecule has 1 N–H and O–H groups in total. The zero-order valence-electron chi connectivity index (χ0n) is 10.1. The zero-order valence-corrected chi connectivity index (χ0v) is 12.5. The molecule has 0 radical (unpaired) electrons. The van der Waals surface area contributed by atoms with E-state index in [2.05, 4.69) is 56.7 Å². The van der Waals surface area contributed by atoms with Crippen molar-refractivity contribution in [2.45, 2.75) is 25.0 Å². The van der Waals surface area contributed by atoms with E-state index in [4.69, 9.17) is 0 Å². The molecule has 0 aliphatic carbocycles. The molecule has 1 aliphatic heterocycles. The Morgan fingerprint density at radius 2 is 2.22 bits per heavy atom. The summed E-state index contributed by atoms with van der Waals surface area (Å²) in [5.74, 6) is 1.87. The molecule has 0 saturated heterocycles. The molecular weight excluding hydrogens is 312 g/mol. The Bertz CT molecular complexity index is 596. The average Bonchev–Trinajstić information content (AvgIpc) is 2.74. The van der Waals surface area contributed by atoms with Crippen LogP contribution in [0, 0.1) is 13.8 Å². The SMILES string of the molecule is Cc1ccc(Br)cc1C1CSc2nnc(C)n2N1. The Kier molecular flexibility index (Phi) is 3.07. The van der Waals surface area contributed by atoms with Gasteiger partial charge in [-0.3, -0.25) is 0 Å². The highest BCUT2D eigenvalue weighted by Gasteiger charge is 2.23. The predicted molar refractivity (Wildman–Crippen MR) is 76.5 cm³/mol. The van der Waals surface area contributed by atoms with Crippen LogP contribution in [0.15, 0.2) is 27.8 Å². The first-order valence-corrected chi connectivity index (χ1v) is 7.50. The monoisotopic (exact) mass is 324 g/mol. The third kappa shape index (κ3) is 2.03. The lowest BCUT2D eigenvalue weighted by atomic mass is 10.0. The Labute approximate surface area is 118 Å². The Balaban J connectivity index is 1.96. The lowest BCUT2D eigenvalue weighted by molar-refractivity contribution is 0.643. The van der Waals surface area contributed by atoms with Crippen LogP contribution in [0.1, 0.15) is 23.0 Å². The number of hydrogen-bond acceptors (Lipinski definition) is 4. The number of aromatic nitrogens is 3. The van der Waals surface area contributed by atoms with Crippen molar-refractivity contribution >= 4 is 27.7 Å². The highest BCUT2D eigenvalue weighted by molar-refractivity contribution is 9.10. The van der Waals surface area contributed by atoms with E-state index in [0.717, 1.165) is 21.2 Å². The van der Waals surface area contributed by atoms with E-state index in [0.29, 0.717) is 0 Å². The average molecular weight is 325 g/mol. The van der Waals surface area contributed by atoms with E-state index in [1.807, 2.05) is 11.6 Å². The van der Waals surface area contributed by atoms with Crippen LogP contribution in [0.2, 0.25) is 0 Å². The number of thioether (sulfide) groups is 1. The van der Waals surface area contributed by atoms with Crippen molar-refractivity contribution in [2.24, 2.45) is 0 Å². The van der Waals surface area contributed by atoms with Gasteiger partial charge in [-0.15, -0.1) is 10.2 Å². The molecule has 1 aromatic heterocycles. The third-order valence-electron chi connectivity index (χ3n) is 3.08.